The molecule has 0 radical (unpaired) electrons. The second-order valence-corrected chi connectivity index (χ2v) is 7.05. The lowest BCUT2D eigenvalue weighted by Crippen LogP contribution is -2.09. The molecule has 3 aromatic rings. The van der Waals surface area contributed by atoms with Crippen molar-refractivity contribution in [2.75, 3.05) is 18.3 Å². The third-order valence-corrected chi connectivity index (χ3v) is 4.75. The summed E-state index contributed by atoms with van der Waals surface area (Å²) in [5.41, 5.74) is 1.01. The Morgan fingerprint density at radius 2 is 2.19 bits per heavy atom. The predicted molar refractivity (Wildman–Crippen MR) is 104 cm³/mol. The zero-order valence-corrected chi connectivity index (χ0v) is 16.6. The lowest BCUT2D eigenvalue weighted by atomic mass is 10.1. The zero-order valence-electron chi connectivity index (χ0n) is 13.5. The summed E-state index contributed by atoms with van der Waals surface area (Å²) in [6.45, 7) is 0.434. The standard InChI is InChI=1S/C17H13BrCl2FN3O2/c1-26-17(25)10-7-13-16(22-8-24(13)5-4-19)14(21)15(10)23-12-3-2-9(18)6-11(12)20/h2-3,6-8,23H,4-5H2,1H3. The smallest absolute Gasteiger partial charge is 0.340 e. The van der Waals surface area contributed by atoms with Gasteiger partial charge in [0, 0.05) is 16.9 Å². The van der Waals surface area contributed by atoms with E-state index in [1.165, 1.54) is 19.5 Å². The summed E-state index contributed by atoms with van der Waals surface area (Å²) in [7, 11) is 1.23. The molecule has 0 spiro atoms. The predicted octanol–water partition coefficient (Wildman–Crippen LogP) is 5.36. The van der Waals surface area contributed by atoms with Crippen LogP contribution in [0.3, 0.4) is 0 Å². The number of imidazole rings is 1. The van der Waals surface area contributed by atoms with Crippen LogP contribution in [0.15, 0.2) is 35.1 Å². The van der Waals surface area contributed by atoms with Crippen molar-refractivity contribution in [2.45, 2.75) is 6.54 Å². The fourth-order valence-electron chi connectivity index (χ4n) is 2.55. The Bertz CT molecular complexity index is 994. The Morgan fingerprint density at radius 1 is 1.42 bits per heavy atom. The van der Waals surface area contributed by atoms with Gasteiger partial charge in [0.05, 0.1) is 40.9 Å². The maximum Gasteiger partial charge on any atom is 0.340 e. The normalized spacial score (nSPS) is 11.0. The van der Waals surface area contributed by atoms with Gasteiger partial charge in [0.2, 0.25) is 0 Å². The lowest BCUT2D eigenvalue weighted by molar-refractivity contribution is 0.0601. The minimum absolute atomic E-state index is 0.0350. The summed E-state index contributed by atoms with van der Waals surface area (Å²) >= 11 is 15.3. The first kappa shape index (κ1) is 18.9. The number of fused-ring (bicyclic) bond motifs is 1. The van der Waals surface area contributed by atoms with Crippen molar-refractivity contribution in [1.82, 2.24) is 9.55 Å². The van der Waals surface area contributed by atoms with E-state index in [-0.39, 0.29) is 16.8 Å². The third-order valence-electron chi connectivity index (χ3n) is 3.78. The highest BCUT2D eigenvalue weighted by Crippen LogP contribution is 2.34. The minimum Gasteiger partial charge on any atom is -0.465 e. The fraction of sp³-hybridized carbons (Fsp3) is 0.176. The molecular weight excluding hydrogens is 448 g/mol. The second-order valence-electron chi connectivity index (χ2n) is 5.35. The topological polar surface area (TPSA) is 56.1 Å². The number of carbonyl (C=O) groups excluding carboxylic acids is 1. The van der Waals surface area contributed by atoms with E-state index in [1.54, 1.807) is 22.8 Å². The van der Waals surface area contributed by atoms with Crippen molar-refractivity contribution >= 4 is 67.5 Å². The summed E-state index contributed by atoms with van der Waals surface area (Å²) in [6, 6.07) is 6.60. The van der Waals surface area contributed by atoms with E-state index in [4.69, 9.17) is 27.9 Å². The number of methoxy groups -OCH3 is 1. The van der Waals surface area contributed by atoms with Gasteiger partial charge in [-0.25, -0.2) is 14.2 Å². The van der Waals surface area contributed by atoms with Gasteiger partial charge in [-0.05, 0) is 24.3 Å². The van der Waals surface area contributed by atoms with Crippen LogP contribution in [-0.2, 0) is 11.3 Å². The van der Waals surface area contributed by atoms with E-state index in [0.29, 0.717) is 28.7 Å². The van der Waals surface area contributed by atoms with E-state index in [2.05, 4.69) is 26.2 Å². The molecule has 2 aromatic carbocycles. The molecule has 3 rings (SSSR count). The van der Waals surface area contributed by atoms with Crippen LogP contribution >= 0.6 is 39.1 Å². The Labute approximate surface area is 167 Å². The van der Waals surface area contributed by atoms with Crippen LogP contribution in [0, 0.1) is 5.82 Å². The number of aromatic nitrogens is 2. The summed E-state index contributed by atoms with van der Waals surface area (Å²) in [5, 5.41) is 3.24. The minimum atomic E-state index is -0.680. The highest BCUT2D eigenvalue weighted by atomic mass is 79.9. The van der Waals surface area contributed by atoms with Crippen molar-refractivity contribution in [2.24, 2.45) is 0 Å². The number of esters is 1. The SMILES string of the molecule is COC(=O)c1cc2c(ncn2CCCl)c(F)c1Nc1ccc(Br)cc1Cl. The highest BCUT2D eigenvalue weighted by molar-refractivity contribution is 9.10. The molecule has 0 saturated heterocycles. The van der Waals surface area contributed by atoms with Crippen LogP contribution < -0.4 is 5.32 Å². The number of anilines is 2. The molecule has 0 aliphatic carbocycles. The number of nitrogens with zero attached hydrogens (tertiary/aromatic N) is 2. The van der Waals surface area contributed by atoms with Crippen molar-refractivity contribution < 1.29 is 13.9 Å². The molecule has 0 aliphatic rings. The lowest BCUT2D eigenvalue weighted by Gasteiger charge is -2.14. The fourth-order valence-corrected chi connectivity index (χ4v) is 3.45. The molecule has 0 unspecified atom stereocenters. The monoisotopic (exact) mass is 459 g/mol. The van der Waals surface area contributed by atoms with Gasteiger partial charge in [-0.2, -0.15) is 0 Å². The summed E-state index contributed by atoms with van der Waals surface area (Å²) in [4.78, 5) is 16.3. The highest BCUT2D eigenvalue weighted by Gasteiger charge is 2.22. The van der Waals surface area contributed by atoms with Gasteiger partial charge >= 0.3 is 5.97 Å². The number of hydrogen-bond donors (Lipinski definition) is 1. The second kappa shape index (κ2) is 7.82. The Balaban J connectivity index is 2.19. The molecule has 0 saturated carbocycles. The van der Waals surface area contributed by atoms with Crippen molar-refractivity contribution in [3.63, 3.8) is 0 Å². The maximum atomic E-state index is 15.1. The average molecular weight is 461 g/mol. The van der Waals surface area contributed by atoms with Gasteiger partial charge in [-0.1, -0.05) is 27.5 Å². The largest absolute Gasteiger partial charge is 0.465 e. The van der Waals surface area contributed by atoms with Crippen LogP contribution in [-0.4, -0.2) is 28.5 Å². The van der Waals surface area contributed by atoms with E-state index in [0.717, 1.165) is 4.47 Å². The summed E-state index contributed by atoms with van der Waals surface area (Å²) in [5.74, 6) is -1.02. The van der Waals surface area contributed by atoms with Crippen LogP contribution in [0.1, 0.15) is 10.4 Å². The molecule has 9 heteroatoms. The maximum absolute atomic E-state index is 15.1. The number of aryl methyl sites for hydroxylation is 1. The van der Waals surface area contributed by atoms with Crippen molar-refractivity contribution in [1.29, 1.82) is 0 Å². The Morgan fingerprint density at radius 3 is 2.85 bits per heavy atom. The van der Waals surface area contributed by atoms with Gasteiger partial charge in [0.1, 0.15) is 5.52 Å². The van der Waals surface area contributed by atoms with E-state index in [9.17, 15) is 4.79 Å². The average Bonchev–Trinajstić information content (AvgIpc) is 3.02. The van der Waals surface area contributed by atoms with E-state index in [1.807, 2.05) is 0 Å². The molecular formula is C17H13BrCl2FN3O2. The van der Waals surface area contributed by atoms with Crippen LogP contribution in [0.25, 0.3) is 11.0 Å². The quantitative estimate of drug-likeness (QED) is 0.411. The molecule has 26 heavy (non-hydrogen) atoms. The number of halogens is 4. The molecule has 136 valence electrons. The van der Waals surface area contributed by atoms with Gasteiger partial charge < -0.3 is 14.6 Å². The number of benzene rings is 2. The number of carbonyl (C=O) groups is 1. The number of hydrogen-bond acceptors (Lipinski definition) is 4. The van der Waals surface area contributed by atoms with Crippen LogP contribution in [0.4, 0.5) is 15.8 Å². The van der Waals surface area contributed by atoms with Gasteiger partial charge in [-0.15, -0.1) is 11.6 Å². The third kappa shape index (κ3) is 3.51. The van der Waals surface area contributed by atoms with Crippen molar-refractivity contribution in [3.05, 3.63) is 51.5 Å². The number of nitrogens with one attached hydrogen (secondary N) is 1. The molecule has 1 heterocycles. The van der Waals surface area contributed by atoms with Gasteiger partial charge in [0.25, 0.3) is 0 Å². The molecule has 5 nitrogen and oxygen atoms in total. The summed E-state index contributed by atoms with van der Waals surface area (Å²) in [6.07, 6.45) is 1.48. The first-order valence-corrected chi connectivity index (χ1v) is 9.20. The van der Waals surface area contributed by atoms with Gasteiger partial charge in [0.15, 0.2) is 5.82 Å². The zero-order chi connectivity index (χ0) is 18.8. The van der Waals surface area contributed by atoms with Crippen LogP contribution in [0.5, 0.6) is 0 Å². The molecule has 0 fully saturated rings. The van der Waals surface area contributed by atoms with Crippen molar-refractivity contribution in [3.8, 4) is 0 Å². The van der Waals surface area contributed by atoms with Crippen LogP contribution in [0.2, 0.25) is 5.02 Å². The number of ether oxygens (including phenoxy) is 1. The summed E-state index contributed by atoms with van der Waals surface area (Å²) < 4.78 is 22.4. The molecule has 0 bridgehead atoms. The Hall–Kier alpha value is -1.83. The number of rotatable bonds is 5. The first-order chi connectivity index (χ1) is 12.5. The first-order valence-electron chi connectivity index (χ1n) is 7.50. The molecule has 0 aliphatic heterocycles. The molecule has 1 aromatic heterocycles. The van der Waals surface area contributed by atoms with E-state index < -0.39 is 11.8 Å². The Kier molecular flexibility index (Phi) is 5.70. The molecule has 0 amide bonds. The van der Waals surface area contributed by atoms with Gasteiger partial charge in [-0.3, -0.25) is 0 Å². The van der Waals surface area contributed by atoms with E-state index >= 15 is 4.39 Å². The molecule has 0 atom stereocenters. The molecule has 1 N–H and O–H groups in total. The number of alkyl halides is 1.